The molecular weight excluding hydrogens is 324 g/mol. The minimum atomic E-state index is -3.05. The van der Waals surface area contributed by atoms with Gasteiger partial charge in [0.05, 0.1) is 12.9 Å². The lowest BCUT2D eigenvalue weighted by atomic mass is 10.1. The molecule has 0 atom stereocenters. The summed E-state index contributed by atoms with van der Waals surface area (Å²) in [6, 6.07) is 8.19. The second-order valence-corrected chi connectivity index (χ2v) is 8.45. The van der Waals surface area contributed by atoms with Crippen molar-refractivity contribution in [1.82, 2.24) is 9.21 Å². The standard InChI is InChI=1S/C18H30N2O3S/c1-3-4-15-24(21,22)20-13-11-19(12-14-20)10-6-8-17-7-5-9-18(16-17)23-2/h5,7,9,16H,3-4,6,8,10-15H2,1-2H3. The molecule has 1 aliphatic heterocycles. The molecule has 5 nitrogen and oxygen atoms in total. The summed E-state index contributed by atoms with van der Waals surface area (Å²) >= 11 is 0. The van der Waals surface area contributed by atoms with Gasteiger partial charge in [-0.25, -0.2) is 8.42 Å². The minimum Gasteiger partial charge on any atom is -0.497 e. The van der Waals surface area contributed by atoms with Crippen molar-refractivity contribution in [2.24, 2.45) is 0 Å². The summed E-state index contributed by atoms with van der Waals surface area (Å²) in [5, 5.41) is 0. The van der Waals surface area contributed by atoms with E-state index in [0.29, 0.717) is 18.8 Å². The summed E-state index contributed by atoms with van der Waals surface area (Å²) in [7, 11) is -1.36. The number of unbranched alkanes of at least 4 members (excludes halogenated alkanes) is 1. The molecular formula is C18H30N2O3S. The number of sulfonamides is 1. The molecule has 0 aromatic heterocycles. The molecule has 0 unspecified atom stereocenters. The lowest BCUT2D eigenvalue weighted by Crippen LogP contribution is -2.49. The van der Waals surface area contributed by atoms with Crippen molar-refractivity contribution in [1.29, 1.82) is 0 Å². The van der Waals surface area contributed by atoms with Crippen LogP contribution >= 0.6 is 0 Å². The van der Waals surface area contributed by atoms with Crippen molar-refractivity contribution in [3.8, 4) is 5.75 Å². The van der Waals surface area contributed by atoms with Crippen molar-refractivity contribution in [3.63, 3.8) is 0 Å². The highest BCUT2D eigenvalue weighted by molar-refractivity contribution is 7.89. The zero-order chi connectivity index (χ0) is 17.4. The largest absolute Gasteiger partial charge is 0.497 e. The Hall–Kier alpha value is -1.11. The average Bonchev–Trinajstić information content (AvgIpc) is 2.61. The van der Waals surface area contributed by atoms with Gasteiger partial charge in [0, 0.05) is 26.2 Å². The third-order valence-corrected chi connectivity index (χ3v) is 6.51. The highest BCUT2D eigenvalue weighted by Gasteiger charge is 2.25. The Labute approximate surface area is 146 Å². The van der Waals surface area contributed by atoms with Crippen LogP contribution in [-0.2, 0) is 16.4 Å². The summed E-state index contributed by atoms with van der Waals surface area (Å²) in [5.41, 5.74) is 1.29. The van der Waals surface area contributed by atoms with E-state index >= 15 is 0 Å². The van der Waals surface area contributed by atoms with E-state index in [9.17, 15) is 8.42 Å². The third-order valence-electron chi connectivity index (χ3n) is 4.55. The van der Waals surface area contributed by atoms with Gasteiger partial charge in [0.1, 0.15) is 5.75 Å². The molecule has 1 aromatic rings. The molecule has 0 radical (unpaired) electrons. The van der Waals surface area contributed by atoms with Crippen LogP contribution in [0.1, 0.15) is 31.7 Å². The molecule has 136 valence electrons. The average molecular weight is 355 g/mol. The van der Waals surface area contributed by atoms with Crippen LogP contribution in [0, 0.1) is 0 Å². The number of nitrogens with zero attached hydrogens (tertiary/aromatic N) is 2. The van der Waals surface area contributed by atoms with Crippen LogP contribution < -0.4 is 4.74 Å². The molecule has 0 bridgehead atoms. The van der Waals surface area contributed by atoms with Gasteiger partial charge < -0.3 is 9.64 Å². The monoisotopic (exact) mass is 354 g/mol. The Bertz CT molecular complexity index is 596. The van der Waals surface area contributed by atoms with Gasteiger partial charge in [-0.05, 0) is 43.5 Å². The van der Waals surface area contributed by atoms with Crippen molar-refractivity contribution >= 4 is 10.0 Å². The van der Waals surface area contributed by atoms with Crippen LogP contribution in [0.15, 0.2) is 24.3 Å². The first kappa shape index (κ1) is 19.2. The SMILES string of the molecule is CCCCS(=O)(=O)N1CCN(CCCc2cccc(OC)c2)CC1. The Morgan fingerprint density at radius 1 is 1.12 bits per heavy atom. The first-order chi connectivity index (χ1) is 11.5. The Balaban J connectivity index is 1.71. The van der Waals surface area contributed by atoms with Crippen LogP contribution in [0.4, 0.5) is 0 Å². The zero-order valence-electron chi connectivity index (χ0n) is 14.9. The van der Waals surface area contributed by atoms with Gasteiger partial charge in [0.15, 0.2) is 0 Å². The van der Waals surface area contributed by atoms with E-state index in [1.807, 2.05) is 19.1 Å². The van der Waals surface area contributed by atoms with E-state index in [-0.39, 0.29) is 0 Å². The van der Waals surface area contributed by atoms with E-state index in [0.717, 1.165) is 51.1 Å². The highest BCUT2D eigenvalue weighted by Crippen LogP contribution is 2.15. The summed E-state index contributed by atoms with van der Waals surface area (Å²) in [6.45, 7) is 5.97. The molecule has 6 heteroatoms. The van der Waals surface area contributed by atoms with Gasteiger partial charge in [-0.15, -0.1) is 0 Å². The van der Waals surface area contributed by atoms with Crippen LogP contribution in [0.2, 0.25) is 0 Å². The Morgan fingerprint density at radius 2 is 1.88 bits per heavy atom. The third kappa shape index (κ3) is 5.76. The second kappa shape index (κ2) is 9.39. The van der Waals surface area contributed by atoms with Crippen LogP contribution in [-0.4, -0.2) is 63.2 Å². The first-order valence-corrected chi connectivity index (χ1v) is 10.5. The number of benzene rings is 1. The van der Waals surface area contributed by atoms with E-state index in [2.05, 4.69) is 17.0 Å². The molecule has 0 spiro atoms. The number of aryl methyl sites for hydroxylation is 1. The normalized spacial score (nSPS) is 17.1. The summed E-state index contributed by atoms with van der Waals surface area (Å²) in [6.07, 6.45) is 3.77. The maximum Gasteiger partial charge on any atom is 0.214 e. The molecule has 0 saturated carbocycles. The van der Waals surface area contributed by atoms with Gasteiger partial charge >= 0.3 is 0 Å². The van der Waals surface area contributed by atoms with Crippen LogP contribution in [0.5, 0.6) is 5.75 Å². The van der Waals surface area contributed by atoms with E-state index < -0.39 is 10.0 Å². The fourth-order valence-electron chi connectivity index (χ4n) is 3.02. The summed E-state index contributed by atoms with van der Waals surface area (Å²) in [4.78, 5) is 2.37. The molecule has 0 amide bonds. The first-order valence-electron chi connectivity index (χ1n) is 8.88. The van der Waals surface area contributed by atoms with Crippen LogP contribution in [0.25, 0.3) is 0 Å². The molecule has 24 heavy (non-hydrogen) atoms. The smallest absolute Gasteiger partial charge is 0.214 e. The second-order valence-electron chi connectivity index (χ2n) is 6.37. The quantitative estimate of drug-likeness (QED) is 0.683. The summed E-state index contributed by atoms with van der Waals surface area (Å²) < 4.78 is 31.3. The number of rotatable bonds is 9. The fraction of sp³-hybridized carbons (Fsp3) is 0.667. The number of piperazine rings is 1. The van der Waals surface area contributed by atoms with Gasteiger partial charge in [0.2, 0.25) is 10.0 Å². The summed E-state index contributed by atoms with van der Waals surface area (Å²) in [5.74, 6) is 1.19. The lowest BCUT2D eigenvalue weighted by Gasteiger charge is -2.34. The predicted octanol–water partition coefficient (Wildman–Crippen LogP) is 2.38. The van der Waals surface area contributed by atoms with Crippen molar-refractivity contribution in [3.05, 3.63) is 29.8 Å². The molecule has 0 N–H and O–H groups in total. The highest BCUT2D eigenvalue weighted by atomic mass is 32.2. The number of methoxy groups -OCH3 is 1. The molecule has 1 heterocycles. The molecule has 2 rings (SSSR count). The van der Waals surface area contributed by atoms with Gasteiger partial charge in [-0.2, -0.15) is 4.31 Å². The molecule has 1 aromatic carbocycles. The van der Waals surface area contributed by atoms with Gasteiger partial charge in [-0.1, -0.05) is 25.5 Å². The number of hydrogen-bond donors (Lipinski definition) is 0. The van der Waals surface area contributed by atoms with Crippen LogP contribution in [0.3, 0.4) is 0 Å². The van der Waals surface area contributed by atoms with Gasteiger partial charge in [-0.3, -0.25) is 0 Å². The van der Waals surface area contributed by atoms with E-state index in [1.165, 1.54) is 5.56 Å². The zero-order valence-corrected chi connectivity index (χ0v) is 15.7. The minimum absolute atomic E-state index is 0.291. The van der Waals surface area contributed by atoms with E-state index in [1.54, 1.807) is 11.4 Å². The fourth-order valence-corrected chi connectivity index (χ4v) is 4.65. The Morgan fingerprint density at radius 3 is 2.54 bits per heavy atom. The van der Waals surface area contributed by atoms with Crippen molar-refractivity contribution in [2.75, 3.05) is 45.6 Å². The number of ether oxygens (including phenoxy) is 1. The molecule has 1 saturated heterocycles. The predicted molar refractivity (Wildman–Crippen MR) is 98.0 cm³/mol. The topological polar surface area (TPSA) is 49.9 Å². The van der Waals surface area contributed by atoms with Crippen molar-refractivity contribution in [2.45, 2.75) is 32.6 Å². The maximum atomic E-state index is 12.2. The maximum absolute atomic E-state index is 12.2. The molecule has 1 aliphatic rings. The van der Waals surface area contributed by atoms with Crippen molar-refractivity contribution < 1.29 is 13.2 Å². The molecule has 1 fully saturated rings. The van der Waals surface area contributed by atoms with Gasteiger partial charge in [0.25, 0.3) is 0 Å². The Kier molecular flexibility index (Phi) is 7.52. The number of hydrogen-bond acceptors (Lipinski definition) is 4. The van der Waals surface area contributed by atoms with E-state index in [4.69, 9.17) is 4.74 Å². The molecule has 0 aliphatic carbocycles. The lowest BCUT2D eigenvalue weighted by molar-refractivity contribution is 0.187.